The van der Waals surface area contributed by atoms with Crippen molar-refractivity contribution in [3.63, 3.8) is 0 Å². The van der Waals surface area contributed by atoms with Crippen LogP contribution in [0.15, 0.2) is 54.6 Å². The normalized spacial score (nSPS) is 20.3. The van der Waals surface area contributed by atoms with Crippen LogP contribution in [0.2, 0.25) is 0 Å². The van der Waals surface area contributed by atoms with Gasteiger partial charge >= 0.3 is 0 Å². The lowest BCUT2D eigenvalue weighted by atomic mass is 9.92. The number of hydrogen-bond donors (Lipinski definition) is 1. The molecule has 3 heteroatoms. The van der Waals surface area contributed by atoms with Gasteiger partial charge in [-0.1, -0.05) is 36.4 Å². The Hall–Kier alpha value is -2.29. The number of benzene rings is 2. The second kappa shape index (κ2) is 5.60. The van der Waals surface area contributed by atoms with Gasteiger partial charge in [-0.2, -0.15) is 0 Å². The molecular weight excluding hydrogens is 260 g/mol. The first kappa shape index (κ1) is 13.7. The monoisotopic (exact) mass is 280 g/mol. The van der Waals surface area contributed by atoms with E-state index in [4.69, 9.17) is 0 Å². The first-order valence-corrected chi connectivity index (χ1v) is 7.37. The highest BCUT2D eigenvalue weighted by Gasteiger charge is 2.31. The molecule has 0 fully saturated rings. The zero-order valence-electron chi connectivity index (χ0n) is 12.4. The summed E-state index contributed by atoms with van der Waals surface area (Å²) in [5.41, 5.74) is 3.27. The van der Waals surface area contributed by atoms with Gasteiger partial charge in [0.25, 0.3) is 0 Å². The summed E-state index contributed by atoms with van der Waals surface area (Å²) in [6, 6.07) is 18.6. The summed E-state index contributed by atoms with van der Waals surface area (Å²) in [6.45, 7) is 3.80. The third kappa shape index (κ3) is 2.64. The van der Waals surface area contributed by atoms with Gasteiger partial charge in [0, 0.05) is 24.3 Å². The van der Waals surface area contributed by atoms with Crippen molar-refractivity contribution in [3.05, 3.63) is 60.2 Å². The molecule has 0 bridgehead atoms. The summed E-state index contributed by atoms with van der Waals surface area (Å²) in [4.78, 5) is 14.2. The minimum absolute atomic E-state index is 0.0788. The molecule has 2 aromatic rings. The molecule has 2 aromatic carbocycles. The van der Waals surface area contributed by atoms with E-state index >= 15 is 0 Å². The van der Waals surface area contributed by atoms with Crippen molar-refractivity contribution in [3.8, 4) is 0 Å². The molecule has 3 nitrogen and oxygen atoms in total. The Morgan fingerprint density at radius 3 is 2.48 bits per heavy atom. The fourth-order valence-electron chi connectivity index (χ4n) is 3.12. The van der Waals surface area contributed by atoms with E-state index in [-0.39, 0.29) is 11.9 Å². The minimum atomic E-state index is 0.0788. The van der Waals surface area contributed by atoms with Crippen molar-refractivity contribution in [1.29, 1.82) is 0 Å². The SMILES string of the molecule is CC(=O)N(c1ccccc1)[C@@H]1C[C@@H](C)Nc2ccccc21. The molecule has 21 heavy (non-hydrogen) atoms. The van der Waals surface area contributed by atoms with Gasteiger partial charge in [0.2, 0.25) is 5.91 Å². The lowest BCUT2D eigenvalue weighted by Gasteiger charge is -2.38. The Morgan fingerprint density at radius 1 is 1.10 bits per heavy atom. The largest absolute Gasteiger partial charge is 0.382 e. The summed E-state index contributed by atoms with van der Waals surface area (Å²) in [5, 5.41) is 3.50. The number of nitrogens with one attached hydrogen (secondary N) is 1. The second-order valence-corrected chi connectivity index (χ2v) is 5.61. The van der Waals surface area contributed by atoms with E-state index in [1.165, 1.54) is 5.56 Å². The highest BCUT2D eigenvalue weighted by Crippen LogP contribution is 2.38. The third-order valence-electron chi connectivity index (χ3n) is 3.98. The third-order valence-corrected chi connectivity index (χ3v) is 3.98. The number of nitrogens with zero attached hydrogens (tertiary/aromatic N) is 1. The van der Waals surface area contributed by atoms with Gasteiger partial charge < -0.3 is 10.2 Å². The van der Waals surface area contributed by atoms with E-state index in [1.54, 1.807) is 6.92 Å². The maximum absolute atomic E-state index is 12.3. The highest BCUT2D eigenvalue weighted by atomic mass is 16.2. The van der Waals surface area contributed by atoms with E-state index in [0.717, 1.165) is 17.8 Å². The van der Waals surface area contributed by atoms with E-state index in [1.807, 2.05) is 47.4 Å². The highest BCUT2D eigenvalue weighted by molar-refractivity contribution is 5.92. The molecule has 0 unspecified atom stereocenters. The fourth-order valence-corrected chi connectivity index (χ4v) is 3.12. The standard InChI is InChI=1S/C18H20N2O/c1-13-12-18(16-10-6-7-11-17(16)19-13)20(14(2)21)15-8-4-3-5-9-15/h3-11,13,18-19H,12H2,1-2H3/t13-,18-/m1/s1. The molecule has 0 saturated carbocycles. The molecule has 1 N–H and O–H groups in total. The Kier molecular flexibility index (Phi) is 3.65. The van der Waals surface area contributed by atoms with Crippen molar-refractivity contribution >= 4 is 17.3 Å². The Morgan fingerprint density at radius 2 is 1.76 bits per heavy atom. The van der Waals surface area contributed by atoms with Gasteiger partial charge in [0.05, 0.1) is 6.04 Å². The average molecular weight is 280 g/mol. The first-order valence-electron chi connectivity index (χ1n) is 7.37. The predicted octanol–water partition coefficient (Wildman–Crippen LogP) is 3.98. The average Bonchev–Trinajstić information content (AvgIpc) is 2.48. The molecule has 0 aromatic heterocycles. The van der Waals surface area contributed by atoms with E-state index in [0.29, 0.717) is 6.04 Å². The number of rotatable bonds is 2. The number of fused-ring (bicyclic) bond motifs is 1. The number of amides is 1. The van der Waals surface area contributed by atoms with Crippen LogP contribution in [0, 0.1) is 0 Å². The number of hydrogen-bond acceptors (Lipinski definition) is 2. The van der Waals surface area contributed by atoms with Crippen LogP contribution in [0.4, 0.5) is 11.4 Å². The Balaban J connectivity index is 2.06. The van der Waals surface area contributed by atoms with Crippen molar-refractivity contribution in [1.82, 2.24) is 0 Å². The number of anilines is 2. The van der Waals surface area contributed by atoms with Crippen LogP contribution in [-0.2, 0) is 4.79 Å². The number of para-hydroxylation sites is 2. The molecule has 0 aliphatic carbocycles. The van der Waals surface area contributed by atoms with Crippen LogP contribution in [0.25, 0.3) is 0 Å². The van der Waals surface area contributed by atoms with Gasteiger partial charge in [-0.25, -0.2) is 0 Å². The molecule has 0 saturated heterocycles. The number of carbonyl (C=O) groups excluding carboxylic acids is 1. The topological polar surface area (TPSA) is 32.3 Å². The summed E-state index contributed by atoms with van der Waals surface area (Å²) < 4.78 is 0. The van der Waals surface area contributed by atoms with Crippen molar-refractivity contribution in [2.45, 2.75) is 32.4 Å². The van der Waals surface area contributed by atoms with Gasteiger partial charge in [-0.05, 0) is 37.1 Å². The van der Waals surface area contributed by atoms with Crippen LogP contribution in [0.5, 0.6) is 0 Å². The first-order chi connectivity index (χ1) is 10.2. The molecule has 3 rings (SSSR count). The lowest BCUT2D eigenvalue weighted by Crippen LogP contribution is -2.39. The van der Waals surface area contributed by atoms with Gasteiger partial charge in [0.15, 0.2) is 0 Å². The molecule has 1 amide bonds. The zero-order valence-corrected chi connectivity index (χ0v) is 12.4. The summed E-state index contributed by atoms with van der Waals surface area (Å²) in [7, 11) is 0. The fraction of sp³-hybridized carbons (Fsp3) is 0.278. The molecular formula is C18H20N2O. The summed E-state index contributed by atoms with van der Waals surface area (Å²) in [5.74, 6) is 0.0788. The van der Waals surface area contributed by atoms with Crippen molar-refractivity contribution in [2.75, 3.05) is 10.2 Å². The van der Waals surface area contributed by atoms with Gasteiger partial charge in [-0.3, -0.25) is 4.79 Å². The smallest absolute Gasteiger partial charge is 0.224 e. The van der Waals surface area contributed by atoms with Crippen LogP contribution < -0.4 is 10.2 Å². The van der Waals surface area contributed by atoms with Crippen molar-refractivity contribution < 1.29 is 4.79 Å². The maximum Gasteiger partial charge on any atom is 0.224 e. The maximum atomic E-state index is 12.3. The Labute approximate surface area is 125 Å². The molecule has 1 aliphatic heterocycles. The molecule has 108 valence electrons. The molecule has 0 spiro atoms. The second-order valence-electron chi connectivity index (χ2n) is 5.61. The predicted molar refractivity (Wildman–Crippen MR) is 86.5 cm³/mol. The number of carbonyl (C=O) groups is 1. The van der Waals surface area contributed by atoms with Gasteiger partial charge in [-0.15, -0.1) is 0 Å². The van der Waals surface area contributed by atoms with Crippen LogP contribution >= 0.6 is 0 Å². The van der Waals surface area contributed by atoms with E-state index in [2.05, 4.69) is 24.4 Å². The van der Waals surface area contributed by atoms with Gasteiger partial charge in [0.1, 0.15) is 0 Å². The van der Waals surface area contributed by atoms with Crippen LogP contribution in [-0.4, -0.2) is 11.9 Å². The molecule has 0 radical (unpaired) electrons. The zero-order chi connectivity index (χ0) is 14.8. The summed E-state index contributed by atoms with van der Waals surface area (Å²) in [6.07, 6.45) is 0.908. The van der Waals surface area contributed by atoms with E-state index < -0.39 is 0 Å². The minimum Gasteiger partial charge on any atom is -0.382 e. The van der Waals surface area contributed by atoms with Crippen LogP contribution in [0.1, 0.15) is 31.9 Å². The molecule has 1 heterocycles. The van der Waals surface area contributed by atoms with Crippen molar-refractivity contribution in [2.24, 2.45) is 0 Å². The quantitative estimate of drug-likeness (QED) is 0.902. The Bertz CT molecular complexity index is 639. The van der Waals surface area contributed by atoms with Crippen LogP contribution in [0.3, 0.4) is 0 Å². The van der Waals surface area contributed by atoms with E-state index in [9.17, 15) is 4.79 Å². The molecule has 1 aliphatic rings. The lowest BCUT2D eigenvalue weighted by molar-refractivity contribution is -0.117. The summed E-state index contributed by atoms with van der Waals surface area (Å²) >= 11 is 0. The molecule has 2 atom stereocenters.